The molecule has 0 aliphatic heterocycles. The van der Waals surface area contributed by atoms with E-state index in [1.807, 2.05) is 0 Å². The zero-order valence-corrected chi connectivity index (χ0v) is 21.0. The molecule has 1 aromatic rings. The monoisotopic (exact) mass is 520 g/mol. The molecular weight excluding hydrogens is 483 g/mol. The van der Waals surface area contributed by atoms with Gasteiger partial charge in [0.25, 0.3) is 0 Å². The van der Waals surface area contributed by atoms with Crippen LogP contribution >= 0.6 is 0 Å². The van der Waals surface area contributed by atoms with Gasteiger partial charge in [0, 0.05) is 0 Å². The molecule has 204 valence electrons. The number of carbonyl (C=O) groups is 2. The van der Waals surface area contributed by atoms with Crippen molar-refractivity contribution in [1.29, 1.82) is 0 Å². The van der Waals surface area contributed by atoms with Crippen LogP contribution in [0.25, 0.3) is 0 Å². The predicted octanol–water partition coefficient (Wildman–Crippen LogP) is 7.70. The van der Waals surface area contributed by atoms with E-state index in [4.69, 9.17) is 9.47 Å². The van der Waals surface area contributed by atoms with Gasteiger partial charge >= 0.3 is 11.9 Å². The number of halogens is 5. The van der Waals surface area contributed by atoms with E-state index in [1.54, 1.807) is 0 Å². The molecule has 0 amide bonds. The molecule has 0 aromatic heterocycles. The maximum atomic E-state index is 13.8. The van der Waals surface area contributed by atoms with E-state index in [-0.39, 0.29) is 6.61 Å². The molecule has 0 bridgehead atoms. The lowest BCUT2D eigenvalue weighted by atomic mass is 9.79. The summed E-state index contributed by atoms with van der Waals surface area (Å²) in [5.41, 5.74) is -1.23. The van der Waals surface area contributed by atoms with Crippen molar-refractivity contribution in [3.63, 3.8) is 0 Å². The molecule has 0 saturated heterocycles. The predicted molar refractivity (Wildman–Crippen MR) is 124 cm³/mol. The second-order valence-electron chi connectivity index (χ2n) is 9.50. The first-order valence-corrected chi connectivity index (χ1v) is 13.1. The summed E-state index contributed by atoms with van der Waals surface area (Å²) in [6.45, 7) is 1.32. The van der Waals surface area contributed by atoms with Gasteiger partial charge in [-0.2, -0.15) is 0 Å². The summed E-state index contributed by atoms with van der Waals surface area (Å²) in [5, 5.41) is 0. The summed E-state index contributed by atoms with van der Waals surface area (Å²) in [5.74, 6) is -13.7. The van der Waals surface area contributed by atoms with Crippen molar-refractivity contribution in [3.8, 4) is 0 Å². The molecule has 2 unspecified atom stereocenters. The van der Waals surface area contributed by atoms with Gasteiger partial charge in [-0.25, -0.2) is 22.0 Å². The fourth-order valence-electron chi connectivity index (χ4n) is 4.59. The van der Waals surface area contributed by atoms with Crippen molar-refractivity contribution in [2.45, 2.75) is 103 Å². The Morgan fingerprint density at radius 2 is 1.06 bits per heavy atom. The van der Waals surface area contributed by atoms with E-state index < -0.39 is 65.0 Å². The molecule has 1 saturated carbocycles. The van der Waals surface area contributed by atoms with Crippen molar-refractivity contribution < 1.29 is 41.0 Å². The molecule has 4 nitrogen and oxygen atoms in total. The Morgan fingerprint density at radius 1 is 0.639 bits per heavy atom. The molecule has 2 atom stereocenters. The fraction of sp³-hybridized carbons (Fsp3) is 0.704. The lowest BCUT2D eigenvalue weighted by Crippen LogP contribution is -2.35. The summed E-state index contributed by atoms with van der Waals surface area (Å²) in [6.07, 6.45) is 13.5. The Morgan fingerprint density at radius 3 is 1.56 bits per heavy atom. The first kappa shape index (κ1) is 30.0. The third-order valence-electron chi connectivity index (χ3n) is 6.77. The van der Waals surface area contributed by atoms with E-state index in [0.717, 1.165) is 25.7 Å². The second kappa shape index (κ2) is 15.8. The molecule has 1 aromatic carbocycles. The molecule has 9 heteroatoms. The highest BCUT2D eigenvalue weighted by molar-refractivity contribution is 5.82. The standard InChI is InChI=1S/C27H37F5O4/c1-2-3-4-5-6-7-8-9-10-13-16-35-26(33)18-14-11-12-15-19(18)27(34)36-17-20-21(28)23(30)25(32)24(31)22(20)29/h18-19H,2-17H2,1H3. The smallest absolute Gasteiger partial charge is 0.310 e. The van der Waals surface area contributed by atoms with Crippen molar-refractivity contribution in [2.75, 3.05) is 6.61 Å². The first-order chi connectivity index (χ1) is 17.3. The normalized spacial score (nSPS) is 17.7. The van der Waals surface area contributed by atoms with Gasteiger partial charge in [0.2, 0.25) is 5.82 Å². The summed E-state index contributed by atoms with van der Waals surface area (Å²) in [7, 11) is 0. The van der Waals surface area contributed by atoms with Gasteiger partial charge in [0.1, 0.15) is 6.61 Å². The lowest BCUT2D eigenvalue weighted by molar-refractivity contribution is -0.163. The van der Waals surface area contributed by atoms with Gasteiger partial charge in [0.05, 0.1) is 24.0 Å². The van der Waals surface area contributed by atoms with Crippen LogP contribution in [0, 0.1) is 40.9 Å². The van der Waals surface area contributed by atoms with Gasteiger partial charge in [-0.1, -0.05) is 77.6 Å². The van der Waals surface area contributed by atoms with Crippen LogP contribution in [-0.2, 0) is 25.7 Å². The molecule has 1 fully saturated rings. The maximum absolute atomic E-state index is 13.8. The number of ether oxygens (including phenoxy) is 2. The number of benzene rings is 1. The van der Waals surface area contributed by atoms with Crippen molar-refractivity contribution in [2.24, 2.45) is 11.8 Å². The summed E-state index contributed by atoms with van der Waals surface area (Å²) < 4.78 is 77.9. The van der Waals surface area contributed by atoms with Crippen LogP contribution in [0.2, 0.25) is 0 Å². The maximum Gasteiger partial charge on any atom is 0.310 e. The summed E-state index contributed by atoms with van der Waals surface area (Å²) >= 11 is 0. The van der Waals surface area contributed by atoms with Crippen LogP contribution < -0.4 is 0 Å². The molecule has 0 heterocycles. The number of hydrogen-bond acceptors (Lipinski definition) is 4. The molecule has 0 N–H and O–H groups in total. The molecule has 2 rings (SSSR count). The van der Waals surface area contributed by atoms with E-state index in [9.17, 15) is 31.5 Å². The Hall–Kier alpha value is -2.19. The number of carbonyl (C=O) groups excluding carboxylic acids is 2. The van der Waals surface area contributed by atoms with Crippen LogP contribution in [-0.4, -0.2) is 18.5 Å². The van der Waals surface area contributed by atoms with E-state index >= 15 is 0 Å². The summed E-state index contributed by atoms with van der Waals surface area (Å²) in [6, 6.07) is 0. The highest BCUT2D eigenvalue weighted by Gasteiger charge is 2.38. The Bertz CT molecular complexity index is 832. The van der Waals surface area contributed by atoms with E-state index in [0.29, 0.717) is 25.7 Å². The van der Waals surface area contributed by atoms with Crippen LogP contribution in [0.3, 0.4) is 0 Å². The number of esters is 2. The third-order valence-corrected chi connectivity index (χ3v) is 6.77. The zero-order valence-electron chi connectivity index (χ0n) is 21.0. The minimum absolute atomic E-state index is 0.248. The van der Waals surface area contributed by atoms with Gasteiger partial charge in [0.15, 0.2) is 23.3 Å². The van der Waals surface area contributed by atoms with Crippen LogP contribution in [0.5, 0.6) is 0 Å². The fourth-order valence-corrected chi connectivity index (χ4v) is 4.59. The van der Waals surface area contributed by atoms with Crippen molar-refractivity contribution in [1.82, 2.24) is 0 Å². The number of unbranched alkanes of at least 4 members (excludes halogenated alkanes) is 9. The van der Waals surface area contributed by atoms with Gasteiger partial charge < -0.3 is 9.47 Å². The van der Waals surface area contributed by atoms with Crippen LogP contribution in [0.15, 0.2) is 0 Å². The number of rotatable bonds is 15. The van der Waals surface area contributed by atoms with Crippen molar-refractivity contribution in [3.05, 3.63) is 34.6 Å². The molecule has 36 heavy (non-hydrogen) atoms. The average molecular weight is 521 g/mol. The first-order valence-electron chi connectivity index (χ1n) is 13.1. The molecule has 0 spiro atoms. The Kier molecular flexibility index (Phi) is 13.2. The summed E-state index contributed by atoms with van der Waals surface area (Å²) in [4.78, 5) is 25.2. The Balaban J connectivity index is 1.76. The SMILES string of the molecule is CCCCCCCCCCCCOC(=O)C1CCCCC1C(=O)OCc1c(F)c(F)c(F)c(F)c1F. The number of hydrogen-bond donors (Lipinski definition) is 0. The molecule has 1 aliphatic rings. The highest BCUT2D eigenvalue weighted by Crippen LogP contribution is 2.33. The molecular formula is C27H37F5O4. The van der Waals surface area contributed by atoms with Crippen LogP contribution in [0.1, 0.15) is 102 Å². The lowest BCUT2D eigenvalue weighted by Gasteiger charge is -2.28. The van der Waals surface area contributed by atoms with Gasteiger partial charge in [-0.15, -0.1) is 0 Å². The second-order valence-corrected chi connectivity index (χ2v) is 9.50. The minimum Gasteiger partial charge on any atom is -0.465 e. The van der Waals surface area contributed by atoms with Crippen molar-refractivity contribution >= 4 is 11.9 Å². The molecule has 1 aliphatic carbocycles. The zero-order chi connectivity index (χ0) is 26.5. The third kappa shape index (κ3) is 8.73. The minimum atomic E-state index is -2.28. The Labute approximate surface area is 209 Å². The topological polar surface area (TPSA) is 52.6 Å². The van der Waals surface area contributed by atoms with E-state index in [1.165, 1.54) is 38.5 Å². The highest BCUT2D eigenvalue weighted by atomic mass is 19.2. The average Bonchev–Trinajstić information content (AvgIpc) is 2.89. The molecule has 0 radical (unpaired) electrons. The quantitative estimate of drug-likeness (QED) is 0.0782. The van der Waals surface area contributed by atoms with E-state index in [2.05, 4.69) is 6.92 Å². The largest absolute Gasteiger partial charge is 0.465 e. The van der Waals surface area contributed by atoms with Gasteiger partial charge in [-0.05, 0) is 19.3 Å². The van der Waals surface area contributed by atoms with Gasteiger partial charge in [-0.3, -0.25) is 9.59 Å². The van der Waals surface area contributed by atoms with Crippen LogP contribution in [0.4, 0.5) is 22.0 Å².